The van der Waals surface area contributed by atoms with Crippen molar-refractivity contribution in [1.29, 1.82) is 0 Å². The highest BCUT2D eigenvalue weighted by Gasteiger charge is 2.27. The number of anilines is 1. The molecule has 1 amide bonds. The largest absolute Gasteiger partial charge is 0.294 e. The third kappa shape index (κ3) is 3.84. The maximum absolute atomic E-state index is 12.4. The van der Waals surface area contributed by atoms with Crippen molar-refractivity contribution in [3.05, 3.63) is 77.1 Å². The molecule has 6 nitrogen and oxygen atoms in total. The van der Waals surface area contributed by atoms with E-state index in [9.17, 15) is 4.79 Å². The first-order valence-corrected chi connectivity index (χ1v) is 6.91. The van der Waals surface area contributed by atoms with Gasteiger partial charge in [0.05, 0.1) is 17.0 Å². The predicted octanol–water partition coefficient (Wildman–Crippen LogP) is 2.90. The van der Waals surface area contributed by atoms with E-state index in [0.717, 1.165) is 0 Å². The summed E-state index contributed by atoms with van der Waals surface area (Å²) in [6.07, 6.45) is 4.96. The molecule has 0 radical (unpaired) electrons. The summed E-state index contributed by atoms with van der Waals surface area (Å²) in [4.78, 5) is 20.5. The van der Waals surface area contributed by atoms with Crippen LogP contribution in [-0.4, -0.2) is 29.9 Å². The van der Waals surface area contributed by atoms with Gasteiger partial charge in [0.15, 0.2) is 0 Å². The van der Waals surface area contributed by atoms with Gasteiger partial charge < -0.3 is 0 Å². The Bertz CT molecular complexity index is 733. The second kappa shape index (κ2) is 7.58. The van der Waals surface area contributed by atoms with E-state index in [0.29, 0.717) is 17.0 Å². The number of nitrogens with zero attached hydrogens (tertiary/aromatic N) is 5. The molecule has 0 aromatic heterocycles. The Morgan fingerprint density at radius 1 is 1.22 bits per heavy atom. The molecule has 23 heavy (non-hydrogen) atoms. The molecule has 0 saturated carbocycles. The van der Waals surface area contributed by atoms with Crippen LogP contribution in [0.1, 0.15) is 6.92 Å². The molecule has 1 aliphatic rings. The summed E-state index contributed by atoms with van der Waals surface area (Å²) in [5.74, 6) is -0.194. The Morgan fingerprint density at radius 2 is 1.87 bits per heavy atom. The zero-order chi connectivity index (χ0) is 16.7. The fourth-order valence-corrected chi connectivity index (χ4v) is 2.04. The van der Waals surface area contributed by atoms with Gasteiger partial charge in [0, 0.05) is 6.20 Å². The van der Waals surface area contributed by atoms with Gasteiger partial charge in [-0.1, -0.05) is 18.2 Å². The lowest BCUT2D eigenvalue weighted by Gasteiger charge is -2.10. The molecule has 0 bridgehead atoms. The maximum atomic E-state index is 12.4. The van der Waals surface area contributed by atoms with Gasteiger partial charge in [-0.25, -0.2) is 18.0 Å². The number of hydrogen-bond acceptors (Lipinski definition) is 3. The second-order valence-corrected chi connectivity index (χ2v) is 4.75. The SMILES string of the molecule is [C-]#[N+]CN(/C=C/C=C1\C(=O)N(c2ccccc2)N=C1C)C[N+]#[C-]. The van der Waals surface area contributed by atoms with Gasteiger partial charge in [-0.05, 0) is 31.2 Å². The van der Waals surface area contributed by atoms with Crippen molar-refractivity contribution in [3.8, 4) is 0 Å². The van der Waals surface area contributed by atoms with E-state index in [1.807, 2.05) is 30.3 Å². The fraction of sp³-hybridized carbons (Fsp3) is 0.176. The van der Waals surface area contributed by atoms with Crippen molar-refractivity contribution < 1.29 is 4.79 Å². The number of hydrazone groups is 1. The fourth-order valence-electron chi connectivity index (χ4n) is 2.04. The summed E-state index contributed by atoms with van der Waals surface area (Å²) in [5.41, 5.74) is 1.84. The summed E-state index contributed by atoms with van der Waals surface area (Å²) in [5, 5.41) is 5.65. The molecule has 1 heterocycles. The molecule has 2 rings (SSSR count). The third-order valence-electron chi connectivity index (χ3n) is 3.13. The summed E-state index contributed by atoms with van der Waals surface area (Å²) in [7, 11) is 0. The molecule has 0 spiro atoms. The van der Waals surface area contributed by atoms with Crippen molar-refractivity contribution in [1.82, 2.24) is 4.90 Å². The van der Waals surface area contributed by atoms with Crippen LogP contribution < -0.4 is 5.01 Å². The van der Waals surface area contributed by atoms with E-state index in [1.165, 1.54) is 5.01 Å². The molecule has 0 aliphatic carbocycles. The number of amides is 1. The lowest BCUT2D eigenvalue weighted by molar-refractivity contribution is -0.114. The van der Waals surface area contributed by atoms with E-state index in [4.69, 9.17) is 13.1 Å². The number of benzene rings is 1. The van der Waals surface area contributed by atoms with Crippen molar-refractivity contribution >= 4 is 17.3 Å². The standard InChI is InChI=1S/C17H15N5O/c1-14-16(10-7-11-21(12-18-2)13-19-3)17(23)22(20-14)15-8-5-4-6-9-15/h4-11H,12-13H2,1H3/b11-7+,16-10-. The number of allylic oxidation sites excluding steroid dienone is 2. The quantitative estimate of drug-likeness (QED) is 0.620. The Kier molecular flexibility index (Phi) is 5.27. The molecular formula is C17H15N5O. The number of rotatable bonds is 5. The van der Waals surface area contributed by atoms with E-state index in [1.54, 1.807) is 30.2 Å². The van der Waals surface area contributed by atoms with Gasteiger partial charge >= 0.3 is 0 Å². The van der Waals surface area contributed by atoms with Crippen molar-refractivity contribution in [3.63, 3.8) is 0 Å². The smallest absolute Gasteiger partial charge is 0.293 e. The van der Waals surface area contributed by atoms with Crippen LogP contribution in [0.2, 0.25) is 0 Å². The van der Waals surface area contributed by atoms with E-state index in [2.05, 4.69) is 14.8 Å². The molecule has 1 aromatic rings. The lowest BCUT2D eigenvalue weighted by atomic mass is 10.1. The first kappa shape index (κ1) is 16.0. The van der Waals surface area contributed by atoms with Crippen LogP contribution in [0.25, 0.3) is 9.69 Å². The van der Waals surface area contributed by atoms with E-state index in [-0.39, 0.29) is 19.2 Å². The monoisotopic (exact) mass is 305 g/mol. The van der Waals surface area contributed by atoms with Crippen LogP contribution in [0, 0.1) is 13.1 Å². The number of hydrogen-bond donors (Lipinski definition) is 0. The molecule has 0 unspecified atom stereocenters. The Labute approximate surface area is 135 Å². The average Bonchev–Trinajstić information content (AvgIpc) is 2.84. The van der Waals surface area contributed by atoms with Gasteiger partial charge in [-0.3, -0.25) is 14.5 Å². The number of carbonyl (C=O) groups is 1. The van der Waals surface area contributed by atoms with Crippen LogP contribution in [0.15, 0.2) is 59.4 Å². The highest BCUT2D eigenvalue weighted by atomic mass is 16.2. The Morgan fingerprint density at radius 3 is 2.48 bits per heavy atom. The molecule has 0 fully saturated rings. The van der Waals surface area contributed by atoms with Crippen LogP contribution in [0.5, 0.6) is 0 Å². The Balaban J connectivity index is 2.15. The van der Waals surface area contributed by atoms with Crippen molar-refractivity contribution in [2.75, 3.05) is 18.3 Å². The highest BCUT2D eigenvalue weighted by Crippen LogP contribution is 2.23. The summed E-state index contributed by atoms with van der Waals surface area (Å²) in [6, 6.07) is 9.22. The maximum Gasteiger partial charge on any atom is 0.294 e. The molecule has 1 aromatic carbocycles. The first-order valence-electron chi connectivity index (χ1n) is 6.91. The Hall–Kier alpha value is -3.38. The van der Waals surface area contributed by atoms with Crippen LogP contribution in [0.3, 0.4) is 0 Å². The topological polar surface area (TPSA) is 44.6 Å². The van der Waals surface area contributed by atoms with E-state index < -0.39 is 0 Å². The van der Waals surface area contributed by atoms with Gasteiger partial charge in [0.1, 0.15) is 0 Å². The third-order valence-corrected chi connectivity index (χ3v) is 3.13. The predicted molar refractivity (Wildman–Crippen MR) is 89.0 cm³/mol. The van der Waals surface area contributed by atoms with Gasteiger partial charge in [0.25, 0.3) is 19.2 Å². The molecule has 114 valence electrons. The van der Waals surface area contributed by atoms with E-state index >= 15 is 0 Å². The lowest BCUT2D eigenvalue weighted by Crippen LogP contribution is -2.21. The highest BCUT2D eigenvalue weighted by molar-refractivity contribution is 6.29. The van der Waals surface area contributed by atoms with Crippen LogP contribution in [0.4, 0.5) is 5.69 Å². The van der Waals surface area contributed by atoms with Gasteiger partial charge in [-0.2, -0.15) is 10.1 Å². The molecule has 6 heteroatoms. The molecule has 1 aliphatic heterocycles. The zero-order valence-electron chi connectivity index (χ0n) is 12.7. The molecular weight excluding hydrogens is 290 g/mol. The minimum atomic E-state index is -0.194. The normalized spacial score (nSPS) is 15.6. The molecule has 0 N–H and O–H groups in total. The number of carbonyl (C=O) groups excluding carboxylic acids is 1. The molecule has 0 atom stereocenters. The minimum Gasteiger partial charge on any atom is -0.293 e. The van der Waals surface area contributed by atoms with Crippen molar-refractivity contribution in [2.24, 2.45) is 5.10 Å². The average molecular weight is 305 g/mol. The first-order chi connectivity index (χ1) is 11.2. The summed E-state index contributed by atoms with van der Waals surface area (Å²) < 4.78 is 0. The molecule has 0 saturated heterocycles. The number of para-hydroxylation sites is 1. The second-order valence-electron chi connectivity index (χ2n) is 4.75. The van der Waals surface area contributed by atoms with Crippen LogP contribution >= 0.6 is 0 Å². The zero-order valence-corrected chi connectivity index (χ0v) is 12.7. The summed E-state index contributed by atoms with van der Waals surface area (Å²) >= 11 is 0. The van der Waals surface area contributed by atoms with Crippen LogP contribution in [-0.2, 0) is 4.79 Å². The van der Waals surface area contributed by atoms with Crippen molar-refractivity contribution in [2.45, 2.75) is 6.92 Å². The summed E-state index contributed by atoms with van der Waals surface area (Å²) in [6.45, 7) is 15.7. The van der Waals surface area contributed by atoms with Gasteiger partial charge in [-0.15, -0.1) is 0 Å². The minimum absolute atomic E-state index is 0.110. The van der Waals surface area contributed by atoms with Gasteiger partial charge in [0.2, 0.25) is 0 Å².